The number of nitrogens with one attached hydrogen (secondary N) is 1. The van der Waals surface area contributed by atoms with Gasteiger partial charge in [0.05, 0.1) is 6.10 Å². The fraction of sp³-hybridized carbons (Fsp3) is 0.923. The van der Waals surface area contributed by atoms with Crippen molar-refractivity contribution in [3.8, 4) is 0 Å². The molecule has 0 aromatic carbocycles. The zero-order chi connectivity index (χ0) is 13.4. The lowest BCUT2D eigenvalue weighted by Crippen LogP contribution is -2.41. The van der Waals surface area contributed by atoms with Gasteiger partial charge < -0.3 is 20.1 Å². The van der Waals surface area contributed by atoms with E-state index in [0.29, 0.717) is 19.1 Å². The monoisotopic (exact) mass is 258 g/mol. The van der Waals surface area contributed by atoms with Crippen molar-refractivity contribution in [3.63, 3.8) is 0 Å². The van der Waals surface area contributed by atoms with Gasteiger partial charge in [0.1, 0.15) is 6.04 Å². The van der Waals surface area contributed by atoms with Crippen LogP contribution in [0.15, 0.2) is 0 Å². The van der Waals surface area contributed by atoms with E-state index in [1.54, 1.807) is 0 Å². The van der Waals surface area contributed by atoms with Crippen molar-refractivity contribution in [1.29, 1.82) is 0 Å². The summed E-state index contributed by atoms with van der Waals surface area (Å²) < 4.78 is 5.68. The molecule has 106 valence electrons. The Kier molecular flexibility index (Phi) is 7.23. The van der Waals surface area contributed by atoms with Crippen LogP contribution in [-0.4, -0.2) is 61.4 Å². The zero-order valence-corrected chi connectivity index (χ0v) is 11.5. The van der Waals surface area contributed by atoms with Crippen molar-refractivity contribution in [2.45, 2.75) is 44.8 Å². The van der Waals surface area contributed by atoms with Crippen LogP contribution in [-0.2, 0) is 9.53 Å². The molecule has 18 heavy (non-hydrogen) atoms. The quantitative estimate of drug-likeness (QED) is 0.678. The maximum atomic E-state index is 11.0. The van der Waals surface area contributed by atoms with Gasteiger partial charge in [0.25, 0.3) is 0 Å². The zero-order valence-electron chi connectivity index (χ0n) is 11.5. The van der Waals surface area contributed by atoms with Crippen molar-refractivity contribution < 1.29 is 14.6 Å². The normalized spacial score (nSPS) is 22.1. The molecule has 5 heteroatoms. The van der Waals surface area contributed by atoms with Crippen LogP contribution in [0.2, 0.25) is 0 Å². The molecular formula is C13H26N2O3. The molecule has 1 fully saturated rings. The number of ether oxygens (including phenoxy) is 1. The molecule has 0 spiro atoms. The Labute approximate surface area is 109 Å². The lowest BCUT2D eigenvalue weighted by Gasteiger charge is -2.28. The molecular weight excluding hydrogens is 232 g/mol. The number of nitrogens with zero attached hydrogens (tertiary/aromatic N) is 1. The van der Waals surface area contributed by atoms with Gasteiger partial charge in [-0.15, -0.1) is 0 Å². The van der Waals surface area contributed by atoms with Crippen LogP contribution < -0.4 is 5.32 Å². The van der Waals surface area contributed by atoms with Crippen LogP contribution >= 0.6 is 0 Å². The average molecular weight is 258 g/mol. The first-order valence-corrected chi connectivity index (χ1v) is 6.89. The van der Waals surface area contributed by atoms with Gasteiger partial charge in [-0.25, -0.2) is 0 Å². The minimum atomic E-state index is -0.765. The number of hydrogen-bond acceptors (Lipinski definition) is 4. The van der Waals surface area contributed by atoms with E-state index in [4.69, 9.17) is 9.84 Å². The highest BCUT2D eigenvalue weighted by Gasteiger charge is 2.19. The standard InChI is InChI=1S/C13H26N2O3/c1-3-14-12(13(16)17)7-8-15(2)10-11-6-4-5-9-18-11/h11-12,14H,3-10H2,1-2H3,(H,16,17). The smallest absolute Gasteiger partial charge is 0.320 e. The number of carbonyl (C=O) groups is 1. The Hall–Kier alpha value is -0.650. The molecule has 1 aliphatic heterocycles. The van der Waals surface area contributed by atoms with Crippen molar-refractivity contribution in [1.82, 2.24) is 10.2 Å². The van der Waals surface area contributed by atoms with Gasteiger partial charge in [-0.2, -0.15) is 0 Å². The summed E-state index contributed by atoms with van der Waals surface area (Å²) in [6, 6.07) is -0.440. The van der Waals surface area contributed by atoms with Crippen LogP contribution in [0.4, 0.5) is 0 Å². The second-order valence-electron chi connectivity index (χ2n) is 4.99. The van der Waals surface area contributed by atoms with Crippen molar-refractivity contribution in [2.24, 2.45) is 0 Å². The van der Waals surface area contributed by atoms with Gasteiger partial charge in [-0.05, 0) is 45.8 Å². The van der Waals surface area contributed by atoms with E-state index in [1.807, 2.05) is 14.0 Å². The summed E-state index contributed by atoms with van der Waals surface area (Å²) in [5.41, 5.74) is 0. The Morgan fingerprint density at radius 1 is 1.56 bits per heavy atom. The summed E-state index contributed by atoms with van der Waals surface area (Å²) >= 11 is 0. The van der Waals surface area contributed by atoms with Crippen LogP contribution in [0.25, 0.3) is 0 Å². The molecule has 0 aromatic heterocycles. The average Bonchev–Trinajstić information content (AvgIpc) is 2.35. The first-order chi connectivity index (χ1) is 8.63. The lowest BCUT2D eigenvalue weighted by molar-refractivity contribution is -0.139. The molecule has 1 saturated heterocycles. The van der Waals surface area contributed by atoms with E-state index in [2.05, 4.69) is 10.2 Å². The number of hydrogen-bond donors (Lipinski definition) is 2. The van der Waals surface area contributed by atoms with Crippen molar-refractivity contribution in [2.75, 3.05) is 33.3 Å². The molecule has 1 aliphatic rings. The summed E-state index contributed by atoms with van der Waals surface area (Å²) in [5.74, 6) is -0.765. The third-order valence-corrected chi connectivity index (χ3v) is 3.34. The third-order valence-electron chi connectivity index (χ3n) is 3.34. The number of likely N-dealkylation sites (N-methyl/N-ethyl adjacent to an activating group) is 2. The molecule has 0 saturated carbocycles. The van der Waals surface area contributed by atoms with Crippen LogP contribution in [0, 0.1) is 0 Å². The van der Waals surface area contributed by atoms with Gasteiger partial charge in [0.2, 0.25) is 0 Å². The van der Waals surface area contributed by atoms with Gasteiger partial charge in [-0.3, -0.25) is 4.79 Å². The highest BCUT2D eigenvalue weighted by molar-refractivity contribution is 5.73. The summed E-state index contributed by atoms with van der Waals surface area (Å²) in [7, 11) is 2.03. The van der Waals surface area contributed by atoms with Crippen molar-refractivity contribution in [3.05, 3.63) is 0 Å². The lowest BCUT2D eigenvalue weighted by atomic mass is 10.1. The summed E-state index contributed by atoms with van der Waals surface area (Å²) in [5, 5.41) is 12.0. The van der Waals surface area contributed by atoms with Crippen LogP contribution in [0.1, 0.15) is 32.6 Å². The molecule has 0 amide bonds. The Bertz CT molecular complexity index is 242. The molecule has 0 radical (unpaired) electrons. The van der Waals surface area contributed by atoms with E-state index >= 15 is 0 Å². The summed E-state index contributed by atoms with van der Waals surface area (Å²) in [4.78, 5) is 13.2. The molecule has 1 heterocycles. The summed E-state index contributed by atoms with van der Waals surface area (Å²) in [6.07, 6.45) is 4.49. The summed E-state index contributed by atoms with van der Waals surface area (Å²) in [6.45, 7) is 5.16. The number of carboxylic acid groups (broad SMARTS) is 1. The van der Waals surface area contributed by atoms with Crippen molar-refractivity contribution >= 4 is 5.97 Å². The SMILES string of the molecule is CCNC(CCN(C)CC1CCCCO1)C(=O)O. The van der Waals surface area contributed by atoms with E-state index < -0.39 is 12.0 Å². The van der Waals surface area contributed by atoms with E-state index in [-0.39, 0.29) is 0 Å². The Morgan fingerprint density at radius 2 is 2.33 bits per heavy atom. The molecule has 0 bridgehead atoms. The predicted octanol–water partition coefficient (Wildman–Crippen LogP) is 0.940. The Balaban J connectivity index is 2.21. The fourth-order valence-corrected chi connectivity index (χ4v) is 2.30. The largest absolute Gasteiger partial charge is 0.480 e. The van der Waals surface area contributed by atoms with Crippen LogP contribution in [0.3, 0.4) is 0 Å². The molecule has 1 rings (SSSR count). The molecule has 2 N–H and O–H groups in total. The molecule has 2 unspecified atom stereocenters. The molecule has 5 nitrogen and oxygen atoms in total. The maximum Gasteiger partial charge on any atom is 0.320 e. The highest BCUT2D eigenvalue weighted by Crippen LogP contribution is 2.13. The first kappa shape index (κ1) is 15.4. The highest BCUT2D eigenvalue weighted by atomic mass is 16.5. The van der Waals surface area contributed by atoms with Gasteiger partial charge in [0.15, 0.2) is 0 Å². The molecule has 0 aromatic rings. The number of carboxylic acids is 1. The first-order valence-electron chi connectivity index (χ1n) is 6.89. The van der Waals surface area contributed by atoms with Gasteiger partial charge >= 0.3 is 5.97 Å². The maximum absolute atomic E-state index is 11.0. The van der Waals surface area contributed by atoms with E-state index in [1.165, 1.54) is 12.8 Å². The van der Waals surface area contributed by atoms with E-state index in [9.17, 15) is 4.79 Å². The minimum absolute atomic E-state index is 0.325. The fourth-order valence-electron chi connectivity index (χ4n) is 2.30. The topological polar surface area (TPSA) is 61.8 Å². The minimum Gasteiger partial charge on any atom is -0.480 e. The van der Waals surface area contributed by atoms with Gasteiger partial charge in [-0.1, -0.05) is 6.92 Å². The molecule has 0 aliphatic carbocycles. The number of rotatable bonds is 8. The third kappa shape index (κ3) is 5.80. The second kappa shape index (κ2) is 8.45. The second-order valence-corrected chi connectivity index (χ2v) is 4.99. The van der Waals surface area contributed by atoms with Gasteiger partial charge in [0, 0.05) is 13.2 Å². The Morgan fingerprint density at radius 3 is 2.89 bits per heavy atom. The van der Waals surface area contributed by atoms with E-state index in [0.717, 1.165) is 26.1 Å². The number of aliphatic carboxylic acids is 1. The predicted molar refractivity (Wildman–Crippen MR) is 70.8 cm³/mol. The molecule has 2 atom stereocenters. The van der Waals surface area contributed by atoms with Crippen LogP contribution in [0.5, 0.6) is 0 Å².